The van der Waals surface area contributed by atoms with Gasteiger partial charge in [0.25, 0.3) is 0 Å². The molecule has 0 aliphatic heterocycles. The highest BCUT2D eigenvalue weighted by molar-refractivity contribution is 9.11. The summed E-state index contributed by atoms with van der Waals surface area (Å²) in [5.41, 5.74) is 5.22. The molecule has 0 atom stereocenters. The molecule has 25 heavy (non-hydrogen) atoms. The Labute approximate surface area is 161 Å². The first-order valence-electron chi connectivity index (χ1n) is 8.95. The second-order valence-corrected chi connectivity index (χ2v) is 8.12. The van der Waals surface area contributed by atoms with Crippen molar-refractivity contribution in [3.8, 4) is 0 Å². The zero-order valence-corrected chi connectivity index (χ0v) is 18.0. The molecule has 0 aromatic heterocycles. The third kappa shape index (κ3) is 7.19. The van der Waals surface area contributed by atoms with Gasteiger partial charge in [-0.2, -0.15) is 0 Å². The molecule has 0 aromatic carbocycles. The van der Waals surface area contributed by atoms with E-state index in [4.69, 9.17) is 4.74 Å². The number of hydrogen-bond donors (Lipinski definition) is 0. The largest absolute Gasteiger partial charge is 0.463 e. The van der Waals surface area contributed by atoms with E-state index < -0.39 is 0 Å². The summed E-state index contributed by atoms with van der Waals surface area (Å²) in [6.45, 7) is 13.1. The summed E-state index contributed by atoms with van der Waals surface area (Å²) in [4.78, 5) is 11.4. The maximum Gasteiger partial charge on any atom is 0.330 e. The second-order valence-electron chi connectivity index (χ2n) is 7.27. The van der Waals surface area contributed by atoms with Crippen LogP contribution < -0.4 is 0 Å². The predicted molar refractivity (Wildman–Crippen MR) is 111 cm³/mol. The van der Waals surface area contributed by atoms with Crippen LogP contribution in [0.3, 0.4) is 0 Å². The smallest absolute Gasteiger partial charge is 0.330 e. The van der Waals surface area contributed by atoms with Crippen LogP contribution in [0.25, 0.3) is 0 Å². The first-order valence-corrected chi connectivity index (χ1v) is 9.74. The van der Waals surface area contributed by atoms with Crippen LogP contribution in [-0.4, -0.2) is 12.6 Å². The van der Waals surface area contributed by atoms with Gasteiger partial charge < -0.3 is 4.74 Å². The molecular formula is C22H31BrO2. The highest BCUT2D eigenvalue weighted by Crippen LogP contribution is 2.40. The van der Waals surface area contributed by atoms with Gasteiger partial charge in [0.15, 0.2) is 0 Å². The van der Waals surface area contributed by atoms with E-state index in [1.165, 1.54) is 36.5 Å². The van der Waals surface area contributed by atoms with E-state index in [9.17, 15) is 4.79 Å². The average molecular weight is 407 g/mol. The summed E-state index contributed by atoms with van der Waals surface area (Å²) in [6.07, 6.45) is 13.5. The highest BCUT2D eigenvalue weighted by atomic mass is 79.9. The molecule has 0 heterocycles. The molecule has 0 N–H and O–H groups in total. The molecular weight excluding hydrogens is 376 g/mol. The third-order valence-electron chi connectivity index (χ3n) is 4.54. The van der Waals surface area contributed by atoms with Gasteiger partial charge in [-0.05, 0) is 75.2 Å². The van der Waals surface area contributed by atoms with Crippen molar-refractivity contribution in [2.75, 3.05) is 6.61 Å². The van der Waals surface area contributed by atoms with Crippen molar-refractivity contribution in [2.24, 2.45) is 5.41 Å². The highest BCUT2D eigenvalue weighted by Gasteiger charge is 2.26. The Balaban J connectivity index is 2.88. The molecule has 0 fully saturated rings. The van der Waals surface area contributed by atoms with Gasteiger partial charge in [-0.25, -0.2) is 4.79 Å². The number of ether oxygens (including phenoxy) is 1. The van der Waals surface area contributed by atoms with Gasteiger partial charge in [-0.3, -0.25) is 0 Å². The van der Waals surface area contributed by atoms with Crippen LogP contribution in [0.4, 0.5) is 0 Å². The van der Waals surface area contributed by atoms with E-state index in [0.717, 1.165) is 15.6 Å². The number of halogens is 1. The maximum absolute atomic E-state index is 11.4. The molecule has 138 valence electrons. The molecule has 1 rings (SSSR count). The third-order valence-corrected chi connectivity index (χ3v) is 5.43. The Hall–Kier alpha value is -1.35. The van der Waals surface area contributed by atoms with Crippen molar-refractivity contribution in [3.05, 3.63) is 57.2 Å². The van der Waals surface area contributed by atoms with Crippen molar-refractivity contribution >= 4 is 21.9 Å². The Morgan fingerprint density at radius 1 is 1.24 bits per heavy atom. The van der Waals surface area contributed by atoms with Crippen molar-refractivity contribution in [2.45, 2.75) is 60.8 Å². The van der Waals surface area contributed by atoms with E-state index in [-0.39, 0.29) is 11.4 Å². The molecule has 0 unspecified atom stereocenters. The Morgan fingerprint density at radius 3 is 2.52 bits per heavy atom. The van der Waals surface area contributed by atoms with Gasteiger partial charge in [0.2, 0.25) is 0 Å². The molecule has 1 aliphatic carbocycles. The fourth-order valence-corrected chi connectivity index (χ4v) is 3.32. The SMILES string of the molecule is CCOC(=O)C=C(C)C=CC(Br)=C(C)C=CC1=C(C)CCCC1(C)C. The topological polar surface area (TPSA) is 26.3 Å². The second kappa shape index (κ2) is 9.96. The molecule has 0 bridgehead atoms. The fraction of sp³-hybridized carbons (Fsp3) is 0.500. The van der Waals surface area contributed by atoms with Crippen molar-refractivity contribution < 1.29 is 9.53 Å². The first-order chi connectivity index (χ1) is 11.7. The minimum atomic E-state index is -0.302. The molecule has 0 saturated carbocycles. The van der Waals surface area contributed by atoms with E-state index in [1.54, 1.807) is 6.92 Å². The van der Waals surface area contributed by atoms with Crippen LogP contribution in [0.1, 0.15) is 60.8 Å². The van der Waals surface area contributed by atoms with Gasteiger partial charge in [0.1, 0.15) is 0 Å². The molecule has 2 nitrogen and oxygen atoms in total. The Morgan fingerprint density at radius 2 is 1.92 bits per heavy atom. The van der Waals surface area contributed by atoms with Crippen molar-refractivity contribution in [1.82, 2.24) is 0 Å². The summed E-state index contributed by atoms with van der Waals surface area (Å²) in [6, 6.07) is 0. The molecule has 0 spiro atoms. The van der Waals surface area contributed by atoms with Crippen LogP contribution in [0, 0.1) is 5.41 Å². The van der Waals surface area contributed by atoms with Crippen molar-refractivity contribution in [3.63, 3.8) is 0 Å². The maximum atomic E-state index is 11.4. The lowest BCUT2D eigenvalue weighted by molar-refractivity contribution is -0.137. The Kier molecular flexibility index (Phi) is 8.64. The zero-order valence-electron chi connectivity index (χ0n) is 16.4. The standard InChI is InChI=1S/C22H31BrO2/c1-7-25-21(24)15-16(2)10-13-20(23)18(4)11-12-19-17(3)9-8-14-22(19,5)6/h10-13,15H,7-9,14H2,1-6H3. The minimum absolute atomic E-state index is 0.250. The van der Waals surface area contributed by atoms with Gasteiger partial charge in [-0.15, -0.1) is 0 Å². The number of carbonyl (C=O) groups excluding carboxylic acids is 1. The van der Waals surface area contributed by atoms with Crippen LogP contribution in [0.2, 0.25) is 0 Å². The fourth-order valence-electron chi connectivity index (χ4n) is 3.05. The van der Waals surface area contributed by atoms with Crippen LogP contribution in [0.15, 0.2) is 57.2 Å². The first kappa shape index (κ1) is 21.7. The summed E-state index contributed by atoms with van der Waals surface area (Å²) < 4.78 is 5.92. The summed E-state index contributed by atoms with van der Waals surface area (Å²) in [7, 11) is 0. The van der Waals surface area contributed by atoms with E-state index >= 15 is 0 Å². The van der Waals surface area contributed by atoms with Crippen LogP contribution in [-0.2, 0) is 9.53 Å². The van der Waals surface area contributed by atoms with Gasteiger partial charge >= 0.3 is 5.97 Å². The lowest BCUT2D eigenvalue weighted by Gasteiger charge is -2.33. The molecule has 3 heteroatoms. The number of esters is 1. The molecule has 1 aliphatic rings. The van der Waals surface area contributed by atoms with Crippen molar-refractivity contribution in [1.29, 1.82) is 0 Å². The molecule has 0 amide bonds. The molecule has 0 radical (unpaired) electrons. The van der Waals surface area contributed by atoms with E-state index in [2.05, 4.69) is 55.8 Å². The average Bonchev–Trinajstić information content (AvgIpc) is 2.51. The number of allylic oxidation sites excluding steroid dienone is 9. The monoisotopic (exact) mass is 406 g/mol. The summed E-state index contributed by atoms with van der Waals surface area (Å²) in [5.74, 6) is -0.302. The lowest BCUT2D eigenvalue weighted by Crippen LogP contribution is -2.19. The summed E-state index contributed by atoms with van der Waals surface area (Å²) in [5, 5.41) is 0. The van der Waals surface area contributed by atoms with Gasteiger partial charge in [-0.1, -0.05) is 53.6 Å². The molecule has 0 aromatic rings. The van der Waals surface area contributed by atoms with Gasteiger partial charge in [0.05, 0.1) is 6.61 Å². The van der Waals surface area contributed by atoms with E-state index in [1.807, 2.05) is 19.1 Å². The minimum Gasteiger partial charge on any atom is -0.463 e. The molecule has 0 saturated heterocycles. The zero-order chi connectivity index (χ0) is 19.0. The normalized spacial score (nSPS) is 19.6. The quantitative estimate of drug-likeness (QED) is 0.275. The number of hydrogen-bond acceptors (Lipinski definition) is 2. The van der Waals surface area contributed by atoms with Crippen LogP contribution in [0.5, 0.6) is 0 Å². The number of rotatable bonds is 6. The predicted octanol–water partition coefficient (Wildman–Crippen LogP) is 6.80. The summed E-state index contributed by atoms with van der Waals surface area (Å²) >= 11 is 3.62. The Bertz CT molecular complexity index is 643. The number of carbonyl (C=O) groups is 1. The van der Waals surface area contributed by atoms with Gasteiger partial charge in [0, 0.05) is 10.6 Å². The van der Waals surface area contributed by atoms with E-state index in [0.29, 0.717) is 6.61 Å². The lowest BCUT2D eigenvalue weighted by atomic mass is 9.72. The van der Waals surface area contributed by atoms with Crippen LogP contribution >= 0.6 is 15.9 Å².